The van der Waals surface area contributed by atoms with Gasteiger partial charge in [-0.15, -0.1) is 0 Å². The molecule has 0 saturated carbocycles. The van der Waals surface area contributed by atoms with Crippen LogP contribution in [0.25, 0.3) is 11.1 Å². The normalized spacial score (nSPS) is 14.1. The van der Waals surface area contributed by atoms with Crippen LogP contribution in [0.3, 0.4) is 0 Å². The summed E-state index contributed by atoms with van der Waals surface area (Å²) in [6, 6.07) is 15.2. The number of hydrogen-bond donors (Lipinski definition) is 3. The van der Waals surface area contributed by atoms with Crippen LogP contribution in [0.1, 0.15) is 43.7 Å². The van der Waals surface area contributed by atoms with Crippen LogP contribution in [0, 0.1) is 5.92 Å². The Balaban J connectivity index is 1.49. The first kappa shape index (κ1) is 25.2. The SMILES string of the molecule is COC(CCNC(=O)OCC1c2ccccc2-c2ccccc21)C(=O)N[C@@H](CC(C)C)C(=O)O. The molecule has 34 heavy (non-hydrogen) atoms. The van der Waals surface area contributed by atoms with Crippen LogP contribution in [-0.2, 0) is 19.1 Å². The predicted molar refractivity (Wildman–Crippen MR) is 128 cm³/mol. The topological polar surface area (TPSA) is 114 Å². The van der Waals surface area contributed by atoms with E-state index in [-0.39, 0.29) is 31.4 Å². The van der Waals surface area contributed by atoms with Crippen LogP contribution in [-0.4, -0.2) is 55.5 Å². The van der Waals surface area contributed by atoms with Crippen LogP contribution in [0.4, 0.5) is 4.79 Å². The van der Waals surface area contributed by atoms with Crippen molar-refractivity contribution in [3.05, 3.63) is 59.7 Å². The Morgan fingerprint density at radius 3 is 2.12 bits per heavy atom. The minimum Gasteiger partial charge on any atom is -0.480 e. The third-order valence-electron chi connectivity index (χ3n) is 5.92. The molecule has 0 fully saturated rings. The molecular weight excluding hydrogens is 436 g/mol. The lowest BCUT2D eigenvalue weighted by Crippen LogP contribution is -2.47. The van der Waals surface area contributed by atoms with Gasteiger partial charge in [0.15, 0.2) is 0 Å². The van der Waals surface area contributed by atoms with Crippen LogP contribution < -0.4 is 10.6 Å². The van der Waals surface area contributed by atoms with Crippen molar-refractivity contribution >= 4 is 18.0 Å². The molecule has 0 aromatic heterocycles. The molecule has 2 atom stereocenters. The van der Waals surface area contributed by atoms with Crippen LogP contribution in [0.15, 0.2) is 48.5 Å². The number of amides is 2. The van der Waals surface area contributed by atoms with Crippen molar-refractivity contribution in [3.63, 3.8) is 0 Å². The summed E-state index contributed by atoms with van der Waals surface area (Å²) in [6.07, 6.45) is -0.973. The Labute approximate surface area is 199 Å². The zero-order chi connectivity index (χ0) is 24.7. The quantitative estimate of drug-likeness (QED) is 0.465. The zero-order valence-electron chi connectivity index (χ0n) is 19.7. The molecule has 8 heteroatoms. The minimum atomic E-state index is -1.09. The highest BCUT2D eigenvalue weighted by molar-refractivity contribution is 5.86. The third-order valence-corrected chi connectivity index (χ3v) is 5.92. The van der Waals surface area contributed by atoms with Gasteiger partial charge in [-0.3, -0.25) is 4.79 Å². The van der Waals surface area contributed by atoms with Crippen molar-refractivity contribution < 1.29 is 29.0 Å². The summed E-state index contributed by atoms with van der Waals surface area (Å²) in [4.78, 5) is 36.1. The molecule has 0 saturated heterocycles. The maximum atomic E-state index is 12.4. The van der Waals surface area contributed by atoms with Gasteiger partial charge in [0.2, 0.25) is 5.91 Å². The van der Waals surface area contributed by atoms with Crippen molar-refractivity contribution in [2.45, 2.75) is 44.8 Å². The van der Waals surface area contributed by atoms with E-state index in [4.69, 9.17) is 9.47 Å². The molecule has 0 spiro atoms. The average Bonchev–Trinajstić information content (AvgIpc) is 3.13. The Bertz CT molecular complexity index is 976. The number of carbonyl (C=O) groups excluding carboxylic acids is 2. The van der Waals surface area contributed by atoms with E-state index in [2.05, 4.69) is 22.8 Å². The number of benzene rings is 2. The lowest BCUT2D eigenvalue weighted by atomic mass is 9.98. The van der Waals surface area contributed by atoms with Crippen molar-refractivity contribution in [2.75, 3.05) is 20.3 Å². The maximum Gasteiger partial charge on any atom is 0.407 e. The Kier molecular flexibility index (Phi) is 8.65. The number of ether oxygens (including phenoxy) is 2. The molecule has 0 bridgehead atoms. The molecular formula is C26H32N2O6. The second kappa shape index (κ2) is 11.7. The van der Waals surface area contributed by atoms with E-state index >= 15 is 0 Å². The van der Waals surface area contributed by atoms with E-state index in [1.165, 1.54) is 7.11 Å². The Morgan fingerprint density at radius 2 is 1.59 bits per heavy atom. The van der Waals surface area contributed by atoms with E-state index in [9.17, 15) is 19.5 Å². The summed E-state index contributed by atoms with van der Waals surface area (Å²) in [5.41, 5.74) is 4.56. The number of methoxy groups -OCH3 is 1. The molecule has 1 unspecified atom stereocenters. The number of hydrogen-bond acceptors (Lipinski definition) is 5. The number of carboxylic acids is 1. The first-order chi connectivity index (χ1) is 16.3. The molecule has 3 rings (SSSR count). The molecule has 2 aromatic rings. The van der Waals surface area contributed by atoms with E-state index in [1.807, 2.05) is 50.2 Å². The molecule has 0 heterocycles. The van der Waals surface area contributed by atoms with Gasteiger partial charge >= 0.3 is 12.1 Å². The number of carboxylic acid groups (broad SMARTS) is 1. The van der Waals surface area contributed by atoms with Crippen molar-refractivity contribution in [2.24, 2.45) is 5.92 Å². The van der Waals surface area contributed by atoms with Crippen LogP contribution in [0.5, 0.6) is 0 Å². The lowest BCUT2D eigenvalue weighted by molar-refractivity contribution is -0.144. The monoisotopic (exact) mass is 468 g/mol. The van der Waals surface area contributed by atoms with Gasteiger partial charge in [0.1, 0.15) is 18.8 Å². The second-order valence-electron chi connectivity index (χ2n) is 8.79. The average molecular weight is 469 g/mol. The molecule has 2 amide bonds. The first-order valence-corrected chi connectivity index (χ1v) is 11.5. The maximum absolute atomic E-state index is 12.4. The van der Waals surface area contributed by atoms with Crippen molar-refractivity contribution in [1.82, 2.24) is 10.6 Å². The van der Waals surface area contributed by atoms with E-state index < -0.39 is 30.1 Å². The van der Waals surface area contributed by atoms with E-state index in [0.29, 0.717) is 6.42 Å². The largest absolute Gasteiger partial charge is 0.480 e. The Hall–Kier alpha value is -3.39. The number of fused-ring (bicyclic) bond motifs is 3. The molecule has 2 aromatic carbocycles. The summed E-state index contributed by atoms with van der Waals surface area (Å²) < 4.78 is 10.7. The number of aliphatic carboxylic acids is 1. The number of carbonyl (C=O) groups is 3. The first-order valence-electron chi connectivity index (χ1n) is 11.5. The predicted octanol–water partition coefficient (Wildman–Crippen LogP) is 3.55. The number of alkyl carbamates (subject to hydrolysis) is 1. The number of rotatable bonds is 11. The van der Waals surface area contributed by atoms with Gasteiger partial charge in [-0.2, -0.15) is 0 Å². The third kappa shape index (κ3) is 6.14. The molecule has 1 aliphatic rings. The fourth-order valence-corrected chi connectivity index (χ4v) is 4.27. The fourth-order valence-electron chi connectivity index (χ4n) is 4.27. The summed E-state index contributed by atoms with van der Waals surface area (Å²) in [5.74, 6) is -1.54. The highest BCUT2D eigenvalue weighted by Crippen LogP contribution is 2.44. The van der Waals surface area contributed by atoms with Crippen LogP contribution in [0.2, 0.25) is 0 Å². The summed E-state index contributed by atoms with van der Waals surface area (Å²) in [5, 5.41) is 14.5. The van der Waals surface area contributed by atoms with E-state index in [0.717, 1.165) is 22.3 Å². The minimum absolute atomic E-state index is 0.0374. The molecule has 182 valence electrons. The molecule has 1 aliphatic carbocycles. The van der Waals surface area contributed by atoms with Gasteiger partial charge in [-0.25, -0.2) is 9.59 Å². The van der Waals surface area contributed by atoms with Gasteiger partial charge < -0.3 is 25.2 Å². The molecule has 8 nitrogen and oxygen atoms in total. The lowest BCUT2D eigenvalue weighted by Gasteiger charge is -2.21. The van der Waals surface area contributed by atoms with Gasteiger partial charge in [0.05, 0.1) is 0 Å². The van der Waals surface area contributed by atoms with Crippen LogP contribution >= 0.6 is 0 Å². The summed E-state index contributed by atoms with van der Waals surface area (Å²) in [6.45, 7) is 4.11. The summed E-state index contributed by atoms with van der Waals surface area (Å²) in [7, 11) is 1.37. The smallest absolute Gasteiger partial charge is 0.407 e. The second-order valence-corrected chi connectivity index (χ2v) is 8.79. The van der Waals surface area contributed by atoms with Crippen molar-refractivity contribution in [1.29, 1.82) is 0 Å². The van der Waals surface area contributed by atoms with E-state index in [1.54, 1.807) is 0 Å². The molecule has 3 N–H and O–H groups in total. The van der Waals surface area contributed by atoms with Crippen molar-refractivity contribution in [3.8, 4) is 11.1 Å². The van der Waals surface area contributed by atoms with Gasteiger partial charge in [0.25, 0.3) is 0 Å². The Morgan fingerprint density at radius 1 is 1.00 bits per heavy atom. The highest BCUT2D eigenvalue weighted by Gasteiger charge is 2.29. The van der Waals surface area contributed by atoms with Gasteiger partial charge in [-0.05, 0) is 34.6 Å². The fraction of sp³-hybridized carbons (Fsp3) is 0.423. The molecule has 0 aliphatic heterocycles. The standard InChI is InChI=1S/C26H32N2O6/c1-16(2)14-22(25(30)31)28-24(29)23(33-3)12-13-27-26(32)34-15-21-19-10-6-4-8-17(19)18-9-5-7-11-20(18)21/h4-11,16,21-23H,12-15H2,1-3H3,(H,27,32)(H,28,29)(H,30,31)/t22-,23?/m0/s1. The molecule has 0 radical (unpaired) electrons. The summed E-state index contributed by atoms with van der Waals surface area (Å²) >= 11 is 0. The van der Waals surface area contributed by atoms with Gasteiger partial charge in [-0.1, -0.05) is 62.4 Å². The highest BCUT2D eigenvalue weighted by atomic mass is 16.5. The van der Waals surface area contributed by atoms with Gasteiger partial charge in [0, 0.05) is 26.0 Å². The number of nitrogens with one attached hydrogen (secondary N) is 2. The zero-order valence-corrected chi connectivity index (χ0v) is 19.7.